The highest BCUT2D eigenvalue weighted by Gasteiger charge is 2.51. The minimum atomic E-state index is -1.75. The van der Waals surface area contributed by atoms with Crippen LogP contribution in [0.3, 0.4) is 0 Å². The Morgan fingerprint density at radius 3 is 2.31 bits per heavy atom. The SMILES string of the molecule is CN(C(=O)C1(NCc2cc(Cl)c(CCCCC(=O)NC[C@H](O)[C@@H](O)[C@H](O)[C@H](O)CO)cc2Cl)CC1)c1ccccc1OC1CC1. The van der Waals surface area contributed by atoms with Crippen molar-refractivity contribution in [2.45, 2.75) is 94.0 Å². The molecular weight excluding hydrogens is 625 g/mol. The van der Waals surface area contributed by atoms with Crippen molar-refractivity contribution in [1.29, 1.82) is 0 Å². The van der Waals surface area contributed by atoms with Crippen LogP contribution in [0.5, 0.6) is 5.75 Å². The molecule has 2 saturated carbocycles. The van der Waals surface area contributed by atoms with E-state index < -0.39 is 36.6 Å². The summed E-state index contributed by atoms with van der Waals surface area (Å²) in [5.41, 5.74) is 1.69. The van der Waals surface area contributed by atoms with Gasteiger partial charge in [-0.2, -0.15) is 0 Å². The maximum atomic E-state index is 13.5. The molecule has 2 aromatic carbocycles. The van der Waals surface area contributed by atoms with E-state index in [-0.39, 0.29) is 30.9 Å². The number of nitrogens with one attached hydrogen (secondary N) is 2. The lowest BCUT2D eigenvalue weighted by Gasteiger charge is -2.26. The number of aryl methyl sites for hydroxylation is 1. The number of amides is 2. The molecule has 0 aliphatic heterocycles. The Labute approximate surface area is 273 Å². The number of nitrogens with zero attached hydrogens (tertiary/aromatic N) is 1. The second-order valence-electron chi connectivity index (χ2n) is 11.9. The van der Waals surface area contributed by atoms with Gasteiger partial charge in [-0.15, -0.1) is 0 Å². The van der Waals surface area contributed by atoms with Crippen LogP contribution in [-0.4, -0.2) is 93.6 Å². The topological polar surface area (TPSA) is 172 Å². The molecule has 0 heterocycles. The summed E-state index contributed by atoms with van der Waals surface area (Å²) in [4.78, 5) is 27.4. The van der Waals surface area contributed by atoms with Gasteiger partial charge >= 0.3 is 0 Å². The minimum absolute atomic E-state index is 0.0269. The summed E-state index contributed by atoms with van der Waals surface area (Å²) < 4.78 is 6.02. The third kappa shape index (κ3) is 9.52. The van der Waals surface area contributed by atoms with E-state index in [1.807, 2.05) is 30.3 Å². The van der Waals surface area contributed by atoms with E-state index >= 15 is 0 Å². The van der Waals surface area contributed by atoms with Crippen molar-refractivity contribution in [3.05, 3.63) is 57.6 Å². The van der Waals surface area contributed by atoms with Crippen molar-refractivity contribution in [2.24, 2.45) is 0 Å². The first kappa shape index (κ1) is 35.4. The normalized spacial score (nSPS) is 18.0. The number of benzene rings is 2. The average Bonchev–Trinajstić information content (AvgIpc) is 3.98. The first-order valence-electron chi connectivity index (χ1n) is 15.3. The number of unbranched alkanes of at least 4 members (excludes halogenated alkanes) is 1. The van der Waals surface area contributed by atoms with Crippen LogP contribution in [0.1, 0.15) is 56.1 Å². The largest absolute Gasteiger partial charge is 0.488 e. The first-order chi connectivity index (χ1) is 21.5. The standard InChI is InChI=1S/C32H43Cl2N3O8/c1-37(24-7-3-4-8-27(24)45-21-10-11-21)31(44)32(12-13-32)36-16-20-15-22(33)19(14-23(20)34)6-2-5-9-28(41)35-17-25(39)29(42)30(43)26(40)18-38/h3-4,7-8,14-15,21,25-26,29-30,36,38-40,42-43H,2,5-6,9-13,16-18H2,1H3,(H,35,41)/t25-,26+,29+,30+/m0/s1. The molecule has 11 nitrogen and oxygen atoms in total. The van der Waals surface area contributed by atoms with Gasteiger partial charge in [0.1, 0.15) is 24.1 Å². The number of para-hydroxylation sites is 2. The van der Waals surface area contributed by atoms with Crippen LogP contribution in [0.15, 0.2) is 36.4 Å². The van der Waals surface area contributed by atoms with Gasteiger partial charge in [-0.05, 0) is 80.3 Å². The number of rotatable bonds is 18. The first-order valence-corrected chi connectivity index (χ1v) is 16.1. The van der Waals surface area contributed by atoms with Gasteiger partial charge in [-0.3, -0.25) is 14.9 Å². The molecule has 2 aliphatic rings. The number of aliphatic hydroxyl groups excluding tert-OH is 5. The van der Waals surface area contributed by atoms with E-state index in [4.69, 9.17) is 33.0 Å². The lowest BCUT2D eigenvalue weighted by Crippen LogP contribution is -2.49. The Morgan fingerprint density at radius 2 is 1.64 bits per heavy atom. The summed E-state index contributed by atoms with van der Waals surface area (Å²) in [5.74, 6) is 0.335. The van der Waals surface area contributed by atoms with Crippen molar-refractivity contribution in [1.82, 2.24) is 10.6 Å². The van der Waals surface area contributed by atoms with Gasteiger partial charge in [0, 0.05) is 36.6 Å². The van der Waals surface area contributed by atoms with E-state index in [9.17, 15) is 30.0 Å². The summed E-state index contributed by atoms with van der Waals surface area (Å²) in [7, 11) is 1.77. The molecule has 0 saturated heterocycles. The monoisotopic (exact) mass is 667 g/mol. The summed E-state index contributed by atoms with van der Waals surface area (Å²) in [6, 6.07) is 11.2. The number of halogens is 2. The molecule has 2 amide bonds. The molecule has 248 valence electrons. The fourth-order valence-corrected chi connectivity index (χ4v) is 5.57. The van der Waals surface area contributed by atoms with E-state index in [0.29, 0.717) is 54.4 Å². The molecule has 2 aromatic rings. The van der Waals surface area contributed by atoms with Crippen LogP contribution in [0.2, 0.25) is 10.0 Å². The van der Waals surface area contributed by atoms with Crippen molar-refractivity contribution in [3.8, 4) is 5.75 Å². The molecule has 0 spiro atoms. The number of anilines is 1. The molecule has 7 N–H and O–H groups in total. The second kappa shape index (κ2) is 15.9. The van der Waals surface area contributed by atoms with Gasteiger partial charge in [-0.25, -0.2) is 0 Å². The van der Waals surface area contributed by atoms with Crippen LogP contribution < -0.4 is 20.3 Å². The Morgan fingerprint density at radius 1 is 1.00 bits per heavy atom. The number of aliphatic hydroxyl groups is 5. The number of carbonyl (C=O) groups excluding carboxylic acids is 2. The lowest BCUT2D eigenvalue weighted by atomic mass is 10.0. The minimum Gasteiger partial charge on any atom is -0.488 e. The number of hydrogen-bond acceptors (Lipinski definition) is 9. The van der Waals surface area contributed by atoms with E-state index in [2.05, 4.69) is 10.6 Å². The molecule has 2 aliphatic carbocycles. The zero-order valence-corrected chi connectivity index (χ0v) is 26.8. The van der Waals surface area contributed by atoms with Gasteiger partial charge in [0.15, 0.2) is 0 Å². The van der Waals surface area contributed by atoms with Crippen LogP contribution in [0.25, 0.3) is 0 Å². The van der Waals surface area contributed by atoms with Gasteiger partial charge in [0.05, 0.1) is 30.0 Å². The fraction of sp³-hybridized carbons (Fsp3) is 0.562. The van der Waals surface area contributed by atoms with Gasteiger partial charge in [0.25, 0.3) is 0 Å². The van der Waals surface area contributed by atoms with E-state index in [0.717, 1.165) is 29.7 Å². The zero-order chi connectivity index (χ0) is 32.7. The molecule has 4 rings (SSSR count). The summed E-state index contributed by atoms with van der Waals surface area (Å²) in [6.07, 6.45) is -0.972. The molecular formula is C32H43Cl2N3O8. The highest BCUT2D eigenvalue weighted by atomic mass is 35.5. The van der Waals surface area contributed by atoms with Crippen LogP contribution in [0.4, 0.5) is 5.69 Å². The molecule has 0 radical (unpaired) electrons. The highest BCUT2D eigenvalue weighted by molar-refractivity contribution is 6.34. The Hall–Kier alpha value is -2.48. The van der Waals surface area contributed by atoms with E-state index in [1.165, 1.54) is 0 Å². The van der Waals surface area contributed by atoms with Gasteiger partial charge in [-0.1, -0.05) is 35.3 Å². The maximum absolute atomic E-state index is 13.5. The Kier molecular flexibility index (Phi) is 12.5. The molecule has 0 unspecified atom stereocenters. The smallest absolute Gasteiger partial charge is 0.247 e. The van der Waals surface area contributed by atoms with Gasteiger partial charge in [0.2, 0.25) is 11.8 Å². The molecule has 2 fully saturated rings. The number of carbonyl (C=O) groups is 2. The Bertz CT molecular complexity index is 1320. The summed E-state index contributed by atoms with van der Waals surface area (Å²) in [5, 5.41) is 54.6. The molecule has 0 bridgehead atoms. The van der Waals surface area contributed by atoms with Crippen molar-refractivity contribution >= 4 is 40.7 Å². The molecule has 0 aromatic heterocycles. The molecule has 13 heteroatoms. The van der Waals surface area contributed by atoms with Crippen molar-refractivity contribution in [2.75, 3.05) is 25.1 Å². The quantitative estimate of drug-likeness (QED) is 0.118. The average molecular weight is 669 g/mol. The summed E-state index contributed by atoms with van der Waals surface area (Å²) in [6.45, 7) is -0.731. The fourth-order valence-electron chi connectivity index (χ4n) is 5.03. The van der Waals surface area contributed by atoms with Gasteiger partial charge < -0.3 is 40.5 Å². The highest BCUT2D eigenvalue weighted by Crippen LogP contribution is 2.41. The predicted octanol–water partition coefficient (Wildman–Crippen LogP) is 2.08. The van der Waals surface area contributed by atoms with Crippen LogP contribution in [-0.2, 0) is 22.6 Å². The predicted molar refractivity (Wildman–Crippen MR) is 170 cm³/mol. The third-order valence-electron chi connectivity index (χ3n) is 8.28. The Balaban J connectivity index is 1.22. The van der Waals surface area contributed by atoms with Crippen molar-refractivity contribution < 1.29 is 39.9 Å². The molecule has 4 atom stereocenters. The molecule has 45 heavy (non-hydrogen) atoms. The van der Waals surface area contributed by atoms with Crippen LogP contribution >= 0.6 is 23.2 Å². The zero-order valence-electron chi connectivity index (χ0n) is 25.3. The van der Waals surface area contributed by atoms with Crippen molar-refractivity contribution in [3.63, 3.8) is 0 Å². The summed E-state index contributed by atoms with van der Waals surface area (Å²) >= 11 is 13.2. The number of hydrogen-bond donors (Lipinski definition) is 7. The number of likely N-dealkylation sites (N-methyl/N-ethyl adjacent to an activating group) is 1. The lowest BCUT2D eigenvalue weighted by molar-refractivity contribution is -0.126. The maximum Gasteiger partial charge on any atom is 0.247 e. The third-order valence-corrected chi connectivity index (χ3v) is 8.98. The number of ether oxygens (including phenoxy) is 1. The van der Waals surface area contributed by atoms with Crippen LogP contribution in [0, 0.1) is 0 Å². The second-order valence-corrected chi connectivity index (χ2v) is 12.7. The van der Waals surface area contributed by atoms with E-state index in [1.54, 1.807) is 18.0 Å².